The molecule has 0 aliphatic heterocycles. The van der Waals surface area contributed by atoms with Gasteiger partial charge >= 0.3 is 6.01 Å². The van der Waals surface area contributed by atoms with Gasteiger partial charge in [-0.25, -0.2) is 39.6 Å². The Kier molecular flexibility index (Phi) is 12.8. The molecule has 0 aliphatic carbocycles. The van der Waals surface area contributed by atoms with Crippen LogP contribution in [0.1, 0.15) is 77.1 Å². The fourth-order valence-corrected chi connectivity index (χ4v) is 7.26. The molecule has 6 N–H and O–H groups in total. The molecule has 7 rings (SSSR count). The zero-order valence-corrected chi connectivity index (χ0v) is 35.2. The maximum absolute atomic E-state index is 13.8. The van der Waals surface area contributed by atoms with Crippen molar-refractivity contribution in [3.05, 3.63) is 133 Å². The molecule has 5 heterocycles. The molecule has 0 amide bonds. The number of halogens is 1. The van der Waals surface area contributed by atoms with E-state index in [1.165, 1.54) is 19.5 Å². The number of fused-ring (bicyclic) bond motifs is 2. The number of rotatable bonds is 10. The average molecular weight is 839 g/mol. The summed E-state index contributed by atoms with van der Waals surface area (Å²) in [5.74, 6) is 0.790. The molecule has 18 heteroatoms. The molecule has 0 fully saturated rings. The van der Waals surface area contributed by atoms with Gasteiger partial charge in [0.05, 0.1) is 48.1 Å². The number of nitrogens with two attached hydrogens (primary N) is 2. The highest BCUT2D eigenvalue weighted by Gasteiger charge is 2.22. The number of benzene rings is 2. The predicted molar refractivity (Wildman–Crippen MR) is 239 cm³/mol. The van der Waals surface area contributed by atoms with Crippen molar-refractivity contribution in [3.63, 3.8) is 0 Å². The third-order valence-electron chi connectivity index (χ3n) is 9.74. The molecule has 5 aromatic heterocycles. The van der Waals surface area contributed by atoms with Crippen LogP contribution in [0, 0.1) is 13.1 Å². The lowest BCUT2D eigenvalue weighted by atomic mass is 9.99. The second-order valence-electron chi connectivity index (χ2n) is 14.5. The second kappa shape index (κ2) is 18.1. The standard InChI is InChI=1S/C24H24N8O2.C19H19ClN6O/c1-13(2)32-19(14(3)30-21-18(26-4)12-27-23(25)31-21)9-15-7-6-8-17(20(15)22(32)33)16-10-28-24(34-5)29-11-16;1-10(2)26-15(8-12-6-5-7-13(20)16(12)18(26)27)11(3)24-17-14(22-4)9-23-19(21)25-17/h6-14H,1-3,5H3,(H3,25,27,30,31);5-11H,1-3H3,(H3,21,23,24,25)/t14-;11-/m00/s1. The van der Waals surface area contributed by atoms with Gasteiger partial charge in [0, 0.05) is 53.8 Å². The van der Waals surface area contributed by atoms with E-state index in [0.29, 0.717) is 27.4 Å². The summed E-state index contributed by atoms with van der Waals surface area (Å²) >= 11 is 6.26. The Hall–Kier alpha value is -7.63. The van der Waals surface area contributed by atoms with E-state index in [4.69, 9.17) is 40.9 Å². The maximum atomic E-state index is 13.8. The SMILES string of the molecule is [C-]#[N+]c1cnc(N)nc1N[C@@H](C)c1cc2cccc(-c3cnc(OC)nc3)c2c(=O)n1C(C)C.[C-]#[N+]c1cnc(N)nc1N[C@@H](C)c1cc2cccc(Cl)c2c(=O)n1C(C)C. The first-order chi connectivity index (χ1) is 29.2. The number of pyridine rings is 2. The van der Waals surface area contributed by atoms with Gasteiger partial charge in [-0.1, -0.05) is 41.9 Å². The summed E-state index contributed by atoms with van der Waals surface area (Å²) in [4.78, 5) is 58.2. The fraction of sp³-hybridized carbons (Fsp3) is 0.256. The highest BCUT2D eigenvalue weighted by molar-refractivity contribution is 6.35. The van der Waals surface area contributed by atoms with Crippen LogP contribution < -0.4 is 38.0 Å². The maximum Gasteiger partial charge on any atom is 0.316 e. The summed E-state index contributed by atoms with van der Waals surface area (Å²) in [6.07, 6.45) is 6.04. The van der Waals surface area contributed by atoms with Gasteiger partial charge < -0.3 is 36.0 Å². The Bertz CT molecular complexity index is 2970. The van der Waals surface area contributed by atoms with Gasteiger partial charge in [-0.05, 0) is 76.1 Å². The van der Waals surface area contributed by atoms with Gasteiger partial charge in [-0.2, -0.15) is 0 Å². The number of hydrogen-bond acceptors (Lipinski definition) is 13. The van der Waals surface area contributed by atoms with Crippen LogP contribution in [-0.2, 0) is 0 Å². The molecule has 2 aromatic carbocycles. The summed E-state index contributed by atoms with van der Waals surface area (Å²) in [7, 11) is 1.50. The third-order valence-corrected chi connectivity index (χ3v) is 10.1. The molecule has 61 heavy (non-hydrogen) atoms. The Morgan fingerprint density at radius 3 is 1.61 bits per heavy atom. The Morgan fingerprint density at radius 1 is 0.689 bits per heavy atom. The lowest BCUT2D eigenvalue weighted by molar-refractivity contribution is 0.380. The van der Waals surface area contributed by atoms with Gasteiger partial charge in [0.25, 0.3) is 11.1 Å². The molecule has 2 atom stereocenters. The van der Waals surface area contributed by atoms with Gasteiger partial charge in [-0.3, -0.25) is 9.59 Å². The van der Waals surface area contributed by atoms with Gasteiger partial charge in [-0.15, -0.1) is 0 Å². The molecule has 0 aliphatic rings. The normalized spacial score (nSPS) is 12.0. The number of aromatic nitrogens is 8. The molecule has 0 bridgehead atoms. The smallest absolute Gasteiger partial charge is 0.316 e. The Morgan fingerprint density at radius 2 is 1.15 bits per heavy atom. The van der Waals surface area contributed by atoms with E-state index < -0.39 is 0 Å². The first kappa shape index (κ1) is 43.0. The number of nitrogen functional groups attached to an aromatic ring is 2. The molecule has 0 saturated heterocycles. The van der Waals surface area contributed by atoms with Crippen LogP contribution in [0.25, 0.3) is 42.4 Å². The highest BCUT2D eigenvalue weighted by atomic mass is 35.5. The monoisotopic (exact) mass is 838 g/mol. The predicted octanol–water partition coefficient (Wildman–Crippen LogP) is 8.48. The number of ether oxygens (including phenoxy) is 1. The number of hydrogen-bond donors (Lipinski definition) is 4. The quantitative estimate of drug-likeness (QED) is 0.0952. The molecule has 310 valence electrons. The first-order valence-corrected chi connectivity index (χ1v) is 19.5. The van der Waals surface area contributed by atoms with Gasteiger partial charge in [0.2, 0.25) is 23.3 Å². The molecular formula is C43H43ClN14O3. The van der Waals surface area contributed by atoms with Crippen molar-refractivity contribution >= 4 is 68.1 Å². The summed E-state index contributed by atoms with van der Waals surface area (Å²) in [5.41, 5.74) is 14.6. The summed E-state index contributed by atoms with van der Waals surface area (Å²) in [5, 5.41) is 9.46. The topological polar surface area (TPSA) is 215 Å². The van der Waals surface area contributed by atoms with Crippen LogP contribution in [0.5, 0.6) is 6.01 Å². The van der Waals surface area contributed by atoms with Crippen molar-refractivity contribution in [2.75, 3.05) is 29.2 Å². The third kappa shape index (κ3) is 8.87. The number of methoxy groups -OCH3 is 1. The Balaban J connectivity index is 0.000000210. The van der Waals surface area contributed by atoms with E-state index in [0.717, 1.165) is 33.3 Å². The van der Waals surface area contributed by atoms with E-state index >= 15 is 0 Å². The van der Waals surface area contributed by atoms with Crippen LogP contribution in [0.2, 0.25) is 5.02 Å². The second-order valence-corrected chi connectivity index (χ2v) is 14.9. The fourth-order valence-electron chi connectivity index (χ4n) is 7.00. The molecule has 0 unspecified atom stereocenters. The summed E-state index contributed by atoms with van der Waals surface area (Å²) in [6, 6.07) is 14.4. The van der Waals surface area contributed by atoms with Crippen LogP contribution in [0.15, 0.2) is 82.9 Å². The van der Waals surface area contributed by atoms with E-state index in [-0.39, 0.29) is 64.6 Å². The minimum Gasteiger partial charge on any atom is -0.467 e. The van der Waals surface area contributed by atoms with Gasteiger partial charge in [0.15, 0.2) is 0 Å². The zero-order valence-electron chi connectivity index (χ0n) is 34.5. The minimum absolute atomic E-state index is 0.0632. The largest absolute Gasteiger partial charge is 0.467 e. The molecular weight excluding hydrogens is 796 g/mol. The number of nitrogens with zero attached hydrogens (tertiary/aromatic N) is 10. The van der Waals surface area contributed by atoms with Crippen molar-refractivity contribution in [2.24, 2.45) is 0 Å². The van der Waals surface area contributed by atoms with Crippen molar-refractivity contribution in [1.82, 2.24) is 39.0 Å². The molecule has 17 nitrogen and oxygen atoms in total. The van der Waals surface area contributed by atoms with Crippen molar-refractivity contribution in [3.8, 4) is 17.1 Å². The van der Waals surface area contributed by atoms with Crippen molar-refractivity contribution in [2.45, 2.75) is 65.7 Å². The lowest BCUT2D eigenvalue weighted by Crippen LogP contribution is -2.28. The number of anilines is 4. The van der Waals surface area contributed by atoms with Crippen LogP contribution in [0.3, 0.4) is 0 Å². The van der Waals surface area contributed by atoms with E-state index in [2.05, 4.69) is 50.2 Å². The van der Waals surface area contributed by atoms with Crippen LogP contribution in [0.4, 0.5) is 34.9 Å². The molecule has 0 radical (unpaired) electrons. The lowest BCUT2D eigenvalue weighted by Gasteiger charge is -2.24. The average Bonchev–Trinajstić information content (AvgIpc) is 3.23. The van der Waals surface area contributed by atoms with Crippen LogP contribution in [-0.4, -0.2) is 46.1 Å². The zero-order chi connectivity index (χ0) is 44.1. The van der Waals surface area contributed by atoms with Crippen molar-refractivity contribution < 1.29 is 4.74 Å². The summed E-state index contributed by atoms with van der Waals surface area (Å²) in [6.45, 7) is 26.2. The van der Waals surface area contributed by atoms with Crippen molar-refractivity contribution in [1.29, 1.82) is 0 Å². The van der Waals surface area contributed by atoms with Gasteiger partial charge in [0.1, 0.15) is 11.6 Å². The van der Waals surface area contributed by atoms with E-state index in [1.54, 1.807) is 27.6 Å². The van der Waals surface area contributed by atoms with E-state index in [9.17, 15) is 9.59 Å². The molecule has 0 saturated carbocycles. The molecule has 0 spiro atoms. The highest BCUT2D eigenvalue weighted by Crippen LogP contribution is 2.33. The van der Waals surface area contributed by atoms with Crippen LogP contribution >= 0.6 is 11.6 Å². The Labute approximate surface area is 356 Å². The minimum atomic E-state index is -0.345. The van der Waals surface area contributed by atoms with E-state index in [1.807, 2.05) is 84.0 Å². The summed E-state index contributed by atoms with van der Waals surface area (Å²) < 4.78 is 8.50. The first-order valence-electron chi connectivity index (χ1n) is 19.1. The number of nitrogens with one attached hydrogen (secondary N) is 2. The molecule has 7 aromatic rings.